The van der Waals surface area contributed by atoms with Gasteiger partial charge in [-0.15, -0.1) is 0 Å². The fourth-order valence-electron chi connectivity index (χ4n) is 5.93. The summed E-state index contributed by atoms with van der Waals surface area (Å²) in [6, 6.07) is 11.3. The van der Waals surface area contributed by atoms with Crippen LogP contribution in [0.3, 0.4) is 0 Å². The van der Waals surface area contributed by atoms with E-state index in [2.05, 4.69) is 4.98 Å². The van der Waals surface area contributed by atoms with E-state index in [1.54, 1.807) is 30.3 Å². The first kappa shape index (κ1) is 23.8. The summed E-state index contributed by atoms with van der Waals surface area (Å²) in [5.74, 6) is -1.01. The molecule has 2 heterocycles. The van der Waals surface area contributed by atoms with E-state index >= 15 is 0 Å². The molecule has 4 atom stereocenters. The molecule has 1 unspecified atom stereocenters. The van der Waals surface area contributed by atoms with Gasteiger partial charge in [0.25, 0.3) is 0 Å². The van der Waals surface area contributed by atoms with Crippen molar-refractivity contribution in [3.8, 4) is 11.4 Å². The van der Waals surface area contributed by atoms with Crippen LogP contribution in [0.1, 0.15) is 48.0 Å². The van der Waals surface area contributed by atoms with Crippen molar-refractivity contribution in [1.82, 2.24) is 9.55 Å². The number of aromatic nitrogens is 2. The molecule has 2 aliphatic rings. The zero-order valence-corrected chi connectivity index (χ0v) is 19.1. The van der Waals surface area contributed by atoms with E-state index < -0.39 is 17.6 Å². The Morgan fingerprint density at radius 3 is 2.66 bits per heavy atom. The second-order valence-electron chi connectivity index (χ2n) is 9.33. The highest BCUT2D eigenvalue weighted by Gasteiger charge is 2.54. The number of alkyl halides is 3. The van der Waals surface area contributed by atoms with E-state index in [-0.39, 0.29) is 30.2 Å². The number of halogens is 4. The molecule has 9 heteroatoms. The Bertz CT molecular complexity index is 1190. The van der Waals surface area contributed by atoms with Crippen LogP contribution in [0, 0.1) is 11.7 Å². The van der Waals surface area contributed by atoms with Gasteiger partial charge in [0.15, 0.2) is 0 Å². The molecule has 1 saturated carbocycles. The Morgan fingerprint density at radius 1 is 1.20 bits per heavy atom. The number of ether oxygens (including phenoxy) is 2. The minimum absolute atomic E-state index is 0.00251. The smallest absolute Gasteiger partial charge is 0.450 e. The molecule has 5 rings (SSSR count). The lowest BCUT2D eigenvalue weighted by Crippen LogP contribution is -2.34. The molecule has 0 amide bonds. The first-order valence-corrected chi connectivity index (χ1v) is 11.5. The van der Waals surface area contributed by atoms with Crippen LogP contribution in [-0.4, -0.2) is 40.6 Å². The molecule has 0 bridgehead atoms. The maximum absolute atomic E-state index is 13.6. The number of rotatable bonds is 5. The minimum atomic E-state index is -4.59. The molecule has 2 aromatic carbocycles. The molecule has 0 radical (unpaired) electrons. The van der Waals surface area contributed by atoms with Crippen LogP contribution < -0.4 is 4.74 Å². The van der Waals surface area contributed by atoms with Crippen LogP contribution in [0.15, 0.2) is 54.9 Å². The van der Waals surface area contributed by atoms with Gasteiger partial charge in [0.1, 0.15) is 11.6 Å². The van der Waals surface area contributed by atoms with E-state index in [0.29, 0.717) is 24.5 Å². The topological polar surface area (TPSA) is 56.5 Å². The number of nitrogens with zero attached hydrogens (tertiary/aromatic N) is 2. The summed E-state index contributed by atoms with van der Waals surface area (Å²) in [5, 5.41) is 10.0. The summed E-state index contributed by atoms with van der Waals surface area (Å²) >= 11 is 0. The van der Waals surface area contributed by atoms with E-state index in [1.165, 1.54) is 25.4 Å². The van der Waals surface area contributed by atoms with Crippen molar-refractivity contribution in [1.29, 1.82) is 0 Å². The van der Waals surface area contributed by atoms with Gasteiger partial charge in [0.05, 0.1) is 19.3 Å². The van der Waals surface area contributed by atoms with Crippen molar-refractivity contribution in [2.75, 3.05) is 20.3 Å². The zero-order valence-electron chi connectivity index (χ0n) is 19.1. The van der Waals surface area contributed by atoms with Crippen molar-refractivity contribution in [2.24, 2.45) is 5.92 Å². The molecule has 186 valence electrons. The van der Waals surface area contributed by atoms with Gasteiger partial charge in [-0.25, -0.2) is 9.37 Å². The van der Waals surface area contributed by atoms with Crippen LogP contribution in [0.5, 0.6) is 5.75 Å². The molecule has 1 aromatic heterocycles. The van der Waals surface area contributed by atoms with Crippen LogP contribution in [0.25, 0.3) is 5.69 Å². The zero-order chi connectivity index (χ0) is 24.8. The van der Waals surface area contributed by atoms with Gasteiger partial charge in [0.2, 0.25) is 5.82 Å². The number of aliphatic hydroxyl groups excluding tert-OH is 1. The van der Waals surface area contributed by atoms with Gasteiger partial charge in [-0.3, -0.25) is 4.57 Å². The van der Waals surface area contributed by atoms with E-state index in [1.807, 2.05) is 0 Å². The second-order valence-corrected chi connectivity index (χ2v) is 9.33. The van der Waals surface area contributed by atoms with Crippen LogP contribution in [-0.2, 0) is 10.9 Å². The molecule has 3 aromatic rings. The first-order valence-electron chi connectivity index (χ1n) is 11.5. The SMILES string of the molecule is COc1ccc(-n2ccnc2C(F)(F)F)cc1C1CO[C@]2(CC[C@H](CO)[C@H]2c2ccc(F)cc2)C1. The molecular weight excluding hydrogens is 464 g/mol. The third-order valence-corrected chi connectivity index (χ3v) is 7.43. The van der Waals surface area contributed by atoms with E-state index in [9.17, 15) is 22.7 Å². The van der Waals surface area contributed by atoms with Gasteiger partial charge in [-0.2, -0.15) is 13.2 Å². The average Bonchev–Trinajstić information content (AvgIpc) is 3.58. The van der Waals surface area contributed by atoms with Crippen molar-refractivity contribution >= 4 is 0 Å². The number of methoxy groups -OCH3 is 1. The Hall–Kier alpha value is -2.91. The van der Waals surface area contributed by atoms with Gasteiger partial charge in [-0.05, 0) is 61.1 Å². The summed E-state index contributed by atoms with van der Waals surface area (Å²) in [4.78, 5) is 3.49. The Balaban J connectivity index is 1.50. The van der Waals surface area contributed by atoms with Crippen molar-refractivity contribution in [3.63, 3.8) is 0 Å². The Labute approximate surface area is 200 Å². The van der Waals surface area contributed by atoms with Crippen LogP contribution >= 0.6 is 0 Å². The van der Waals surface area contributed by atoms with Crippen molar-refractivity contribution < 1.29 is 32.1 Å². The third-order valence-electron chi connectivity index (χ3n) is 7.43. The summed E-state index contributed by atoms with van der Waals surface area (Å²) < 4.78 is 66.9. The highest BCUT2D eigenvalue weighted by atomic mass is 19.4. The van der Waals surface area contributed by atoms with Gasteiger partial charge in [-0.1, -0.05) is 12.1 Å². The molecular formula is C26H26F4N2O3. The highest BCUT2D eigenvalue weighted by molar-refractivity contribution is 5.48. The lowest BCUT2D eigenvalue weighted by atomic mass is 9.76. The standard InChI is InChI=1S/C26H26F4N2O3/c1-34-22-7-6-20(32-11-10-31-24(32)26(28,29)30)12-21(22)18-13-25(35-15-18)9-8-17(14-33)23(25)16-2-4-19(27)5-3-16/h2-7,10-12,17-18,23,33H,8-9,13-15H2,1H3/t17-,18?,23-,25-/m1/s1. The number of hydrogen-bond acceptors (Lipinski definition) is 4. The molecule has 1 spiro atoms. The average molecular weight is 490 g/mol. The molecule has 5 nitrogen and oxygen atoms in total. The predicted molar refractivity (Wildman–Crippen MR) is 120 cm³/mol. The molecule has 1 N–H and O–H groups in total. The largest absolute Gasteiger partial charge is 0.496 e. The molecule has 2 fully saturated rings. The quantitative estimate of drug-likeness (QED) is 0.482. The maximum Gasteiger partial charge on any atom is 0.450 e. The Morgan fingerprint density at radius 2 is 1.97 bits per heavy atom. The fraction of sp³-hybridized carbons (Fsp3) is 0.423. The second kappa shape index (κ2) is 8.95. The number of hydrogen-bond donors (Lipinski definition) is 1. The predicted octanol–water partition coefficient (Wildman–Crippen LogP) is 5.47. The summed E-state index contributed by atoms with van der Waals surface area (Å²) in [7, 11) is 1.53. The third kappa shape index (κ3) is 4.21. The lowest BCUT2D eigenvalue weighted by Gasteiger charge is -2.33. The molecule has 1 aliphatic heterocycles. The number of imidazole rings is 1. The first-order chi connectivity index (χ1) is 16.8. The van der Waals surface area contributed by atoms with Crippen LogP contribution in [0.2, 0.25) is 0 Å². The minimum Gasteiger partial charge on any atom is -0.496 e. The summed E-state index contributed by atoms with van der Waals surface area (Å²) in [6.45, 7) is 0.364. The van der Waals surface area contributed by atoms with Gasteiger partial charge >= 0.3 is 6.18 Å². The molecule has 1 aliphatic carbocycles. The van der Waals surface area contributed by atoms with E-state index in [4.69, 9.17) is 9.47 Å². The molecule has 35 heavy (non-hydrogen) atoms. The number of benzene rings is 2. The van der Waals surface area contributed by atoms with Crippen LogP contribution in [0.4, 0.5) is 17.6 Å². The highest BCUT2D eigenvalue weighted by Crippen LogP contribution is 2.57. The van der Waals surface area contributed by atoms with E-state index in [0.717, 1.165) is 34.7 Å². The normalized spacial score (nSPS) is 26.5. The van der Waals surface area contributed by atoms with Crippen molar-refractivity contribution in [2.45, 2.75) is 42.9 Å². The lowest BCUT2D eigenvalue weighted by molar-refractivity contribution is -0.145. The fourth-order valence-corrected chi connectivity index (χ4v) is 5.93. The van der Waals surface area contributed by atoms with Gasteiger partial charge in [0, 0.05) is 42.1 Å². The number of aliphatic hydroxyl groups is 1. The van der Waals surface area contributed by atoms with Crippen molar-refractivity contribution in [3.05, 3.63) is 77.6 Å². The molecule has 1 saturated heterocycles. The monoisotopic (exact) mass is 490 g/mol. The maximum atomic E-state index is 13.6. The summed E-state index contributed by atoms with van der Waals surface area (Å²) in [6.07, 6.45) is -0.0579. The summed E-state index contributed by atoms with van der Waals surface area (Å²) in [5.41, 5.74) is 1.45. The Kier molecular flexibility index (Phi) is 6.09. The van der Waals surface area contributed by atoms with Gasteiger partial charge < -0.3 is 14.6 Å².